The van der Waals surface area contributed by atoms with Gasteiger partial charge >= 0.3 is 5.69 Å². The first kappa shape index (κ1) is 32.9. The smallest absolute Gasteiger partial charge is 0.323 e. The molecule has 1 unspecified atom stereocenters. The normalized spacial score (nSPS) is 18.2. The summed E-state index contributed by atoms with van der Waals surface area (Å²) in [5, 5.41) is 3.39. The fraction of sp³-hybridized carbons (Fsp3) is 0.316. The zero-order valence-electron chi connectivity index (χ0n) is 28.5. The zero-order chi connectivity index (χ0) is 35.6. The molecule has 265 valence electrons. The Balaban J connectivity index is 0.902. The number of halogens is 2. The van der Waals surface area contributed by atoms with Crippen LogP contribution in [0, 0.1) is 18.2 Å². The predicted molar refractivity (Wildman–Crippen MR) is 199 cm³/mol. The number of aromatic nitrogens is 5. The van der Waals surface area contributed by atoms with Crippen LogP contribution in [0.5, 0.6) is 5.88 Å². The Morgan fingerprint density at radius 3 is 2.75 bits per heavy atom. The molecule has 3 fully saturated rings. The van der Waals surface area contributed by atoms with Gasteiger partial charge in [-0.3, -0.25) is 4.79 Å². The molecule has 1 radical (unpaired) electrons. The van der Waals surface area contributed by atoms with E-state index >= 15 is 0 Å². The lowest BCUT2D eigenvalue weighted by molar-refractivity contribution is 0.102. The molecule has 3 aromatic carbocycles. The van der Waals surface area contributed by atoms with Crippen LogP contribution in [0.25, 0.3) is 22.1 Å². The number of anilines is 2. The van der Waals surface area contributed by atoms with Gasteiger partial charge in [0.15, 0.2) is 0 Å². The highest BCUT2D eigenvalue weighted by molar-refractivity contribution is 6.53. The van der Waals surface area contributed by atoms with E-state index in [1.807, 2.05) is 31.2 Å². The van der Waals surface area contributed by atoms with Crippen molar-refractivity contribution < 1.29 is 18.3 Å². The van der Waals surface area contributed by atoms with Crippen LogP contribution in [0.2, 0.25) is 11.1 Å². The number of amides is 1. The van der Waals surface area contributed by atoms with E-state index in [0.29, 0.717) is 44.7 Å². The number of imidazole rings is 2. The van der Waals surface area contributed by atoms with Gasteiger partial charge in [-0.2, -0.15) is 4.98 Å². The van der Waals surface area contributed by atoms with Crippen LogP contribution < -0.4 is 20.6 Å². The number of H-pyrrole nitrogens is 2. The molecule has 52 heavy (non-hydrogen) atoms. The molecule has 3 N–H and O–H groups in total. The minimum atomic E-state index is -0.919. The van der Waals surface area contributed by atoms with Crippen molar-refractivity contribution >= 4 is 60.1 Å². The van der Waals surface area contributed by atoms with Gasteiger partial charge in [0.1, 0.15) is 24.1 Å². The van der Waals surface area contributed by atoms with E-state index in [0.717, 1.165) is 79.4 Å². The van der Waals surface area contributed by atoms with Crippen LogP contribution in [-0.4, -0.2) is 59.1 Å². The summed E-state index contributed by atoms with van der Waals surface area (Å²) in [5.74, 6) is 2.11. The maximum atomic E-state index is 14.3. The quantitative estimate of drug-likeness (QED) is 0.138. The SMILES string of the molecule is Cc1cc(C(=O)Nc2ccc3c(c2)nc(C2CC24CCN(c2cccc(OCc5ccc(Cl)cc5F)n2)CC4)n3C[Si]2CCO2)cc2[nH]c(=O)[nH]c12. The van der Waals surface area contributed by atoms with Gasteiger partial charge in [-0.15, -0.1) is 0 Å². The number of carbonyl (C=O) groups excluding carboxylic acids is 1. The number of pyridine rings is 1. The Hall–Kier alpha value is -4.98. The van der Waals surface area contributed by atoms with Crippen molar-refractivity contribution in [1.82, 2.24) is 24.5 Å². The lowest BCUT2D eigenvalue weighted by Gasteiger charge is -2.34. The van der Waals surface area contributed by atoms with Gasteiger partial charge in [-0.1, -0.05) is 23.7 Å². The summed E-state index contributed by atoms with van der Waals surface area (Å²) in [7, 11) is -0.919. The third kappa shape index (κ3) is 6.16. The molecular formula is C38H36ClFN7O4Si. The van der Waals surface area contributed by atoms with E-state index < -0.39 is 14.9 Å². The van der Waals surface area contributed by atoms with Crippen molar-refractivity contribution in [3.8, 4) is 5.88 Å². The summed E-state index contributed by atoms with van der Waals surface area (Å²) >= 11 is 5.89. The van der Waals surface area contributed by atoms with Crippen molar-refractivity contribution in [2.75, 3.05) is 29.9 Å². The Kier molecular flexibility index (Phi) is 8.16. The monoisotopic (exact) mass is 736 g/mol. The minimum absolute atomic E-state index is 0.0697. The predicted octanol–water partition coefficient (Wildman–Crippen LogP) is 6.87. The summed E-state index contributed by atoms with van der Waals surface area (Å²) in [5.41, 5.74) is 5.46. The number of nitrogens with one attached hydrogen (secondary N) is 3. The fourth-order valence-electron chi connectivity index (χ4n) is 7.76. The maximum absolute atomic E-state index is 14.3. The van der Waals surface area contributed by atoms with Crippen molar-refractivity contribution in [1.29, 1.82) is 0 Å². The summed E-state index contributed by atoms with van der Waals surface area (Å²) in [6, 6.07) is 20.8. The number of benzene rings is 3. The largest absolute Gasteiger partial charge is 0.473 e. The average Bonchev–Trinajstić information content (AvgIpc) is 3.46. The number of piperidine rings is 1. The number of hydrogen-bond acceptors (Lipinski definition) is 7. The van der Waals surface area contributed by atoms with Crippen LogP contribution in [0.15, 0.2) is 71.5 Å². The Morgan fingerprint density at radius 2 is 1.96 bits per heavy atom. The molecule has 2 aliphatic heterocycles. The third-order valence-electron chi connectivity index (χ3n) is 10.8. The summed E-state index contributed by atoms with van der Waals surface area (Å²) in [6.07, 6.45) is 3.99. The van der Waals surface area contributed by atoms with E-state index in [4.69, 9.17) is 30.7 Å². The van der Waals surface area contributed by atoms with E-state index in [1.165, 1.54) is 6.07 Å². The molecule has 1 saturated carbocycles. The molecule has 1 atom stereocenters. The molecular weight excluding hydrogens is 701 g/mol. The topological polar surface area (TPSA) is 130 Å². The van der Waals surface area contributed by atoms with Crippen LogP contribution in [0.3, 0.4) is 0 Å². The number of nitrogens with zero attached hydrogens (tertiary/aromatic N) is 4. The van der Waals surface area contributed by atoms with Crippen molar-refractivity contribution in [3.63, 3.8) is 0 Å². The van der Waals surface area contributed by atoms with Gasteiger partial charge in [0, 0.05) is 59.7 Å². The second kappa shape index (κ2) is 12.9. The minimum Gasteiger partial charge on any atom is -0.473 e. The number of fused-ring (bicyclic) bond motifs is 2. The zero-order valence-corrected chi connectivity index (χ0v) is 30.2. The first-order valence-corrected chi connectivity index (χ1v) is 19.7. The molecule has 1 aliphatic carbocycles. The highest BCUT2D eigenvalue weighted by atomic mass is 35.5. The van der Waals surface area contributed by atoms with Gasteiger partial charge in [-0.05, 0) is 91.7 Å². The number of ether oxygens (including phenoxy) is 1. The van der Waals surface area contributed by atoms with Crippen molar-refractivity contribution in [2.45, 2.75) is 50.9 Å². The van der Waals surface area contributed by atoms with Crippen LogP contribution in [-0.2, 0) is 17.2 Å². The molecule has 3 aliphatic rings. The first-order valence-electron chi connectivity index (χ1n) is 17.5. The standard InChI is InChI=1S/C38H36ClFN7O4Si/c1-22-15-24(16-30-34(22)45-37(49)43-30)36(48)41-26-7-8-31-29(18-26)42-35(47(31)21-52-14-13-51-52)27-19-38(27)9-11-46(12-10-38)32-3-2-4-33(44-32)50-20-23-5-6-25(39)17-28(23)40/h2-8,15-18,27H,9-14,19-21H2,1H3,(H,41,48)(H2,43,45,49). The molecule has 9 rings (SSSR count). The number of aromatic amines is 2. The third-order valence-corrected chi connectivity index (χ3v) is 13.1. The Bertz CT molecular complexity index is 2420. The number of aryl methyl sites for hydroxylation is 1. The average molecular weight is 737 g/mol. The van der Waals surface area contributed by atoms with Crippen LogP contribution in [0.1, 0.15) is 52.5 Å². The van der Waals surface area contributed by atoms with E-state index in [1.54, 1.807) is 30.3 Å². The van der Waals surface area contributed by atoms with Gasteiger partial charge in [-0.25, -0.2) is 14.2 Å². The summed E-state index contributed by atoms with van der Waals surface area (Å²) < 4.78 is 28.5. The second-order valence-corrected chi connectivity index (χ2v) is 16.7. The van der Waals surface area contributed by atoms with Gasteiger partial charge in [0.05, 0.1) is 22.1 Å². The van der Waals surface area contributed by atoms with Crippen molar-refractivity contribution in [3.05, 3.63) is 111 Å². The fourth-order valence-corrected chi connectivity index (χ4v) is 9.34. The molecule has 1 spiro atoms. The highest BCUT2D eigenvalue weighted by Gasteiger charge is 2.57. The molecule has 5 heterocycles. The molecule has 3 aromatic heterocycles. The molecule has 6 aromatic rings. The van der Waals surface area contributed by atoms with Crippen LogP contribution in [0.4, 0.5) is 15.9 Å². The highest BCUT2D eigenvalue weighted by Crippen LogP contribution is 2.65. The van der Waals surface area contributed by atoms with Gasteiger partial charge < -0.3 is 33.9 Å². The summed E-state index contributed by atoms with van der Waals surface area (Å²) in [4.78, 5) is 42.9. The maximum Gasteiger partial charge on any atom is 0.323 e. The van der Waals surface area contributed by atoms with Crippen molar-refractivity contribution in [2.24, 2.45) is 5.41 Å². The van der Waals surface area contributed by atoms with Gasteiger partial charge in [0.2, 0.25) is 14.9 Å². The number of rotatable bonds is 9. The van der Waals surface area contributed by atoms with Gasteiger partial charge in [0.25, 0.3) is 5.91 Å². The molecule has 2 saturated heterocycles. The number of carbonyl (C=O) groups is 1. The molecule has 0 bridgehead atoms. The molecule has 14 heteroatoms. The molecule has 1 amide bonds. The van der Waals surface area contributed by atoms with Crippen LogP contribution >= 0.6 is 11.6 Å². The lowest BCUT2D eigenvalue weighted by atomic mass is 9.90. The second-order valence-electron chi connectivity index (χ2n) is 14.1. The number of hydrogen-bond donors (Lipinski definition) is 3. The Morgan fingerprint density at radius 1 is 1.12 bits per heavy atom. The summed E-state index contributed by atoms with van der Waals surface area (Å²) in [6.45, 7) is 4.51. The van der Waals surface area contributed by atoms with E-state index in [9.17, 15) is 14.0 Å². The first-order chi connectivity index (χ1) is 25.2. The lowest BCUT2D eigenvalue weighted by Crippen LogP contribution is -2.37. The van der Waals surface area contributed by atoms with E-state index in [2.05, 4.69) is 30.8 Å². The van der Waals surface area contributed by atoms with E-state index in [-0.39, 0.29) is 23.6 Å². The molecule has 11 nitrogen and oxygen atoms in total. The Labute approximate surface area is 304 Å².